The van der Waals surface area contributed by atoms with E-state index in [4.69, 9.17) is 14.2 Å². The van der Waals surface area contributed by atoms with E-state index in [1.165, 1.54) is 11.3 Å². The van der Waals surface area contributed by atoms with E-state index < -0.39 is 5.97 Å². The fraction of sp³-hybridized carbons (Fsp3) is 0.250. The second kappa shape index (κ2) is 10.6. The van der Waals surface area contributed by atoms with E-state index in [1.54, 1.807) is 14.0 Å². The van der Waals surface area contributed by atoms with Gasteiger partial charge in [0.2, 0.25) is 0 Å². The van der Waals surface area contributed by atoms with Gasteiger partial charge in [0, 0.05) is 10.9 Å². The quantitative estimate of drug-likeness (QED) is 0.465. The summed E-state index contributed by atoms with van der Waals surface area (Å²) in [5.41, 5.74) is 2.98. The molecule has 0 aliphatic carbocycles. The maximum Gasteiger partial charge on any atom is 0.341 e. The molecule has 0 unspecified atom stereocenters. The Balaban J connectivity index is 1.78. The van der Waals surface area contributed by atoms with Gasteiger partial charge in [0.25, 0.3) is 5.91 Å². The van der Waals surface area contributed by atoms with Crippen molar-refractivity contribution in [1.82, 2.24) is 0 Å². The standard InChI is InChI=1S/C24H25NO5S/c1-4-16-7-6-8-19(13-16)30-14-21(26)25-23-22(24(27)29-5-2)20(15-31-23)17-9-11-18(28-3)12-10-17/h6-13,15H,4-5,14H2,1-3H3,(H,25,26). The molecule has 162 valence electrons. The van der Waals surface area contributed by atoms with Crippen molar-refractivity contribution in [2.24, 2.45) is 0 Å². The van der Waals surface area contributed by atoms with Gasteiger partial charge in [-0.05, 0) is 48.7 Å². The first kappa shape index (κ1) is 22.4. The smallest absolute Gasteiger partial charge is 0.341 e. The molecule has 0 fully saturated rings. The molecule has 31 heavy (non-hydrogen) atoms. The van der Waals surface area contributed by atoms with Crippen molar-refractivity contribution in [3.05, 3.63) is 65.0 Å². The zero-order valence-electron chi connectivity index (χ0n) is 17.8. The van der Waals surface area contributed by atoms with Crippen molar-refractivity contribution < 1.29 is 23.8 Å². The zero-order chi connectivity index (χ0) is 22.2. The van der Waals surface area contributed by atoms with Crippen LogP contribution in [-0.2, 0) is 16.0 Å². The Hall–Kier alpha value is -3.32. The first-order valence-electron chi connectivity index (χ1n) is 10.00. The molecule has 1 amide bonds. The van der Waals surface area contributed by atoms with Gasteiger partial charge in [-0.1, -0.05) is 31.2 Å². The summed E-state index contributed by atoms with van der Waals surface area (Å²) >= 11 is 1.27. The molecule has 6 nitrogen and oxygen atoms in total. The van der Waals surface area contributed by atoms with Crippen molar-refractivity contribution >= 4 is 28.2 Å². The van der Waals surface area contributed by atoms with Gasteiger partial charge >= 0.3 is 5.97 Å². The van der Waals surface area contributed by atoms with E-state index in [0.29, 0.717) is 21.9 Å². The Morgan fingerprint density at radius 3 is 2.48 bits per heavy atom. The molecule has 0 spiro atoms. The fourth-order valence-corrected chi connectivity index (χ4v) is 3.98. The molecule has 0 saturated carbocycles. The number of nitrogens with one attached hydrogen (secondary N) is 1. The lowest BCUT2D eigenvalue weighted by Crippen LogP contribution is -2.21. The number of hydrogen-bond donors (Lipinski definition) is 1. The minimum Gasteiger partial charge on any atom is -0.497 e. The molecule has 7 heteroatoms. The molecule has 1 N–H and O–H groups in total. The summed E-state index contributed by atoms with van der Waals surface area (Å²) in [5.74, 6) is 0.511. The number of amides is 1. The first-order chi connectivity index (χ1) is 15.0. The molecule has 0 aliphatic rings. The van der Waals surface area contributed by atoms with E-state index >= 15 is 0 Å². The third kappa shape index (κ3) is 5.64. The van der Waals surface area contributed by atoms with Crippen molar-refractivity contribution in [2.45, 2.75) is 20.3 Å². The Labute approximate surface area is 185 Å². The van der Waals surface area contributed by atoms with E-state index in [9.17, 15) is 9.59 Å². The Kier molecular flexibility index (Phi) is 7.67. The maximum atomic E-state index is 12.7. The highest BCUT2D eigenvalue weighted by molar-refractivity contribution is 7.15. The zero-order valence-corrected chi connectivity index (χ0v) is 18.6. The van der Waals surface area contributed by atoms with Crippen LogP contribution in [0.5, 0.6) is 11.5 Å². The van der Waals surface area contributed by atoms with Gasteiger partial charge in [0.05, 0.1) is 13.7 Å². The lowest BCUT2D eigenvalue weighted by molar-refractivity contribution is -0.118. The van der Waals surface area contributed by atoms with E-state index in [-0.39, 0.29) is 19.1 Å². The highest BCUT2D eigenvalue weighted by Crippen LogP contribution is 2.36. The first-order valence-corrected chi connectivity index (χ1v) is 10.9. The highest BCUT2D eigenvalue weighted by Gasteiger charge is 2.23. The van der Waals surface area contributed by atoms with Crippen LogP contribution in [0.3, 0.4) is 0 Å². The molecule has 2 aromatic carbocycles. The van der Waals surface area contributed by atoms with Crippen LogP contribution in [0.25, 0.3) is 11.1 Å². The number of hydrogen-bond acceptors (Lipinski definition) is 6. The molecule has 0 aliphatic heterocycles. The van der Waals surface area contributed by atoms with Crippen LogP contribution >= 0.6 is 11.3 Å². The number of aryl methyl sites for hydroxylation is 1. The maximum absolute atomic E-state index is 12.7. The number of thiophene rings is 1. The molecule has 1 aromatic heterocycles. The van der Waals surface area contributed by atoms with Crippen LogP contribution in [0.2, 0.25) is 0 Å². The van der Waals surface area contributed by atoms with E-state index in [0.717, 1.165) is 23.3 Å². The highest BCUT2D eigenvalue weighted by atomic mass is 32.1. The van der Waals surface area contributed by atoms with Gasteiger partial charge in [-0.25, -0.2) is 4.79 Å². The number of ether oxygens (including phenoxy) is 3. The summed E-state index contributed by atoms with van der Waals surface area (Å²) in [5, 5.41) is 5.05. The topological polar surface area (TPSA) is 73.9 Å². The molecule has 0 radical (unpaired) electrons. The van der Waals surface area contributed by atoms with Crippen LogP contribution in [0.15, 0.2) is 53.9 Å². The molecular weight excluding hydrogens is 414 g/mol. The predicted molar refractivity (Wildman–Crippen MR) is 122 cm³/mol. The fourth-order valence-electron chi connectivity index (χ4n) is 3.01. The number of benzene rings is 2. The minimum atomic E-state index is -0.485. The summed E-state index contributed by atoms with van der Waals surface area (Å²) < 4.78 is 16.0. The molecule has 3 aromatic rings. The Morgan fingerprint density at radius 1 is 1.03 bits per heavy atom. The molecule has 0 saturated heterocycles. The summed E-state index contributed by atoms with van der Waals surface area (Å²) in [6, 6.07) is 15.0. The third-order valence-electron chi connectivity index (χ3n) is 4.60. The minimum absolute atomic E-state index is 0.162. The van der Waals surface area contributed by atoms with Crippen molar-refractivity contribution in [3.8, 4) is 22.6 Å². The lowest BCUT2D eigenvalue weighted by atomic mass is 10.0. The molecule has 3 rings (SSSR count). The Morgan fingerprint density at radius 2 is 1.81 bits per heavy atom. The van der Waals surface area contributed by atoms with Crippen LogP contribution in [-0.4, -0.2) is 32.2 Å². The van der Waals surface area contributed by atoms with Gasteiger partial charge in [-0.3, -0.25) is 4.79 Å². The lowest BCUT2D eigenvalue weighted by Gasteiger charge is -2.10. The molecule has 0 bridgehead atoms. The molecular formula is C24H25NO5S. The average molecular weight is 440 g/mol. The van der Waals surface area contributed by atoms with Gasteiger partial charge in [-0.2, -0.15) is 0 Å². The van der Waals surface area contributed by atoms with Gasteiger partial charge in [0.15, 0.2) is 6.61 Å². The number of methoxy groups -OCH3 is 1. The second-order valence-electron chi connectivity index (χ2n) is 6.64. The normalized spacial score (nSPS) is 10.4. The SMILES string of the molecule is CCOC(=O)c1c(-c2ccc(OC)cc2)csc1NC(=O)COc1cccc(CC)c1. The van der Waals surface area contributed by atoms with E-state index in [2.05, 4.69) is 12.2 Å². The van der Waals surface area contributed by atoms with Crippen molar-refractivity contribution in [2.75, 3.05) is 25.6 Å². The largest absolute Gasteiger partial charge is 0.497 e. The number of carbonyl (C=O) groups is 2. The molecule has 1 heterocycles. The summed E-state index contributed by atoms with van der Waals surface area (Å²) in [6.07, 6.45) is 0.885. The monoisotopic (exact) mass is 439 g/mol. The summed E-state index contributed by atoms with van der Waals surface area (Å²) in [7, 11) is 1.60. The summed E-state index contributed by atoms with van der Waals surface area (Å²) in [4.78, 5) is 25.2. The molecule has 0 atom stereocenters. The summed E-state index contributed by atoms with van der Waals surface area (Å²) in [6.45, 7) is 3.87. The van der Waals surface area contributed by atoms with Crippen LogP contribution in [0.4, 0.5) is 5.00 Å². The van der Waals surface area contributed by atoms with Crippen LogP contribution in [0, 0.1) is 0 Å². The van der Waals surface area contributed by atoms with Crippen LogP contribution in [0.1, 0.15) is 29.8 Å². The van der Waals surface area contributed by atoms with Gasteiger partial charge < -0.3 is 19.5 Å². The van der Waals surface area contributed by atoms with Crippen molar-refractivity contribution in [3.63, 3.8) is 0 Å². The Bertz CT molecular complexity index is 1040. The van der Waals surface area contributed by atoms with Crippen LogP contribution < -0.4 is 14.8 Å². The van der Waals surface area contributed by atoms with E-state index in [1.807, 2.05) is 53.9 Å². The number of esters is 1. The van der Waals surface area contributed by atoms with Gasteiger partial charge in [-0.15, -0.1) is 11.3 Å². The third-order valence-corrected chi connectivity index (χ3v) is 5.50. The number of anilines is 1. The second-order valence-corrected chi connectivity index (χ2v) is 7.52. The van der Waals surface area contributed by atoms with Crippen molar-refractivity contribution in [1.29, 1.82) is 0 Å². The van der Waals surface area contributed by atoms with Gasteiger partial charge in [0.1, 0.15) is 22.1 Å². The average Bonchev–Trinajstić information content (AvgIpc) is 3.21. The predicted octanol–water partition coefficient (Wildman–Crippen LogP) is 5.18. The number of carbonyl (C=O) groups excluding carboxylic acids is 2. The number of rotatable bonds is 9.